The lowest BCUT2D eigenvalue weighted by Gasteiger charge is -2.15. The molecule has 0 N–H and O–H groups in total. The van der Waals surface area contributed by atoms with Crippen molar-refractivity contribution in [3.63, 3.8) is 0 Å². The smallest absolute Gasteiger partial charge is 0.298 e. The largest absolute Gasteiger partial charge is 0.429 e. The van der Waals surface area contributed by atoms with Crippen molar-refractivity contribution in [3.8, 4) is 5.75 Å². The maximum absolute atomic E-state index is 12.5. The quantitative estimate of drug-likeness (QED) is 0.810. The molecular weight excluding hydrogens is 268 g/mol. The second-order valence-electron chi connectivity index (χ2n) is 4.54. The minimum absolute atomic E-state index is 0.207. The van der Waals surface area contributed by atoms with Crippen molar-refractivity contribution < 1.29 is 19.1 Å². The van der Waals surface area contributed by atoms with Crippen molar-refractivity contribution in [1.29, 1.82) is 0 Å². The van der Waals surface area contributed by atoms with Gasteiger partial charge in [-0.15, -0.1) is 0 Å². The van der Waals surface area contributed by atoms with Crippen LogP contribution < -0.4 is 4.74 Å². The lowest BCUT2D eigenvalue weighted by Crippen LogP contribution is -2.16. The fraction of sp³-hybridized carbons (Fsp3) is 0. The zero-order valence-electron chi connectivity index (χ0n) is 10.9. The molecule has 21 heavy (non-hydrogen) atoms. The summed E-state index contributed by atoms with van der Waals surface area (Å²) in [6, 6.07) is 13.2. The summed E-state index contributed by atoms with van der Waals surface area (Å²) < 4.78 is 4.76. The zero-order valence-corrected chi connectivity index (χ0v) is 10.9. The highest BCUT2D eigenvalue weighted by molar-refractivity contribution is 6.38. The topological polar surface area (TPSA) is 60.4 Å². The number of allylic oxidation sites excluding steroid dienone is 2. The van der Waals surface area contributed by atoms with Crippen LogP contribution in [0.2, 0.25) is 0 Å². The summed E-state index contributed by atoms with van der Waals surface area (Å²) in [5.41, 5.74) is 1.64. The number of Topliss-reactive ketones (excluding diaryl/α,β-unsaturated/α-hetero) is 1. The van der Waals surface area contributed by atoms with Gasteiger partial charge in [0.15, 0.2) is 11.6 Å². The number of ketones is 2. The third-order valence-corrected chi connectivity index (χ3v) is 3.29. The van der Waals surface area contributed by atoms with E-state index in [1.807, 2.05) is 0 Å². The van der Waals surface area contributed by atoms with Crippen LogP contribution in [0.5, 0.6) is 5.75 Å². The predicted octanol–water partition coefficient (Wildman–Crippen LogP) is 2.68. The predicted molar refractivity (Wildman–Crippen MR) is 76.2 cm³/mol. The van der Waals surface area contributed by atoms with E-state index >= 15 is 0 Å². The summed E-state index contributed by atoms with van der Waals surface area (Å²) in [5, 5.41) is 0. The van der Waals surface area contributed by atoms with Crippen molar-refractivity contribution in [2.24, 2.45) is 0 Å². The van der Waals surface area contributed by atoms with Crippen molar-refractivity contribution >= 4 is 23.6 Å². The van der Waals surface area contributed by atoms with E-state index in [1.54, 1.807) is 48.5 Å². The number of rotatable bonds is 3. The van der Waals surface area contributed by atoms with E-state index < -0.39 is 0 Å². The average Bonchev–Trinajstić information content (AvgIpc) is 2.51. The monoisotopic (exact) mass is 278 g/mol. The molecule has 0 amide bonds. The molecule has 1 aliphatic rings. The highest BCUT2D eigenvalue weighted by Gasteiger charge is 2.25. The van der Waals surface area contributed by atoms with Gasteiger partial charge >= 0.3 is 0 Å². The molecule has 0 aromatic heterocycles. The van der Waals surface area contributed by atoms with Gasteiger partial charge in [0, 0.05) is 16.7 Å². The third kappa shape index (κ3) is 2.27. The first-order chi connectivity index (χ1) is 10.2. The third-order valence-electron chi connectivity index (χ3n) is 3.29. The summed E-state index contributed by atoms with van der Waals surface area (Å²) in [7, 11) is 0. The molecule has 3 rings (SSSR count). The highest BCUT2D eigenvalue weighted by Crippen LogP contribution is 2.29. The minimum atomic E-state index is -0.214. The number of fused-ring (bicyclic) bond motifs is 1. The average molecular weight is 278 g/mol. The highest BCUT2D eigenvalue weighted by atomic mass is 16.5. The maximum atomic E-state index is 12.5. The standard InChI is InChI=1S/C17H10O4/c18-10-21-12-5-3-4-11(8-12)15-9-16(19)13-6-1-2-7-14(13)17(15)20/h1-10H. The Morgan fingerprint density at radius 1 is 0.905 bits per heavy atom. The van der Waals surface area contributed by atoms with Crippen LogP contribution in [0.4, 0.5) is 0 Å². The first kappa shape index (κ1) is 13.0. The van der Waals surface area contributed by atoms with Gasteiger partial charge in [0.1, 0.15) is 5.75 Å². The summed E-state index contributed by atoms with van der Waals surface area (Å²) >= 11 is 0. The first-order valence-corrected chi connectivity index (χ1v) is 6.31. The maximum Gasteiger partial charge on any atom is 0.298 e. The van der Waals surface area contributed by atoms with E-state index in [1.165, 1.54) is 6.08 Å². The fourth-order valence-electron chi connectivity index (χ4n) is 2.32. The van der Waals surface area contributed by atoms with Crippen molar-refractivity contribution in [1.82, 2.24) is 0 Å². The van der Waals surface area contributed by atoms with Crippen LogP contribution >= 0.6 is 0 Å². The van der Waals surface area contributed by atoms with Gasteiger partial charge in [-0.3, -0.25) is 14.4 Å². The molecule has 102 valence electrons. The van der Waals surface area contributed by atoms with E-state index in [0.29, 0.717) is 34.5 Å². The molecule has 2 aromatic rings. The molecule has 0 saturated carbocycles. The van der Waals surface area contributed by atoms with Gasteiger partial charge in [-0.25, -0.2) is 0 Å². The first-order valence-electron chi connectivity index (χ1n) is 6.31. The minimum Gasteiger partial charge on any atom is -0.429 e. The van der Waals surface area contributed by atoms with Crippen LogP contribution in [-0.4, -0.2) is 18.0 Å². The van der Waals surface area contributed by atoms with Crippen LogP contribution in [0.3, 0.4) is 0 Å². The molecular formula is C17H10O4. The molecule has 4 nitrogen and oxygen atoms in total. The Morgan fingerprint density at radius 3 is 2.43 bits per heavy atom. The molecule has 0 radical (unpaired) electrons. The Balaban J connectivity index is 2.08. The fourth-order valence-corrected chi connectivity index (χ4v) is 2.32. The molecule has 0 unspecified atom stereocenters. The molecule has 4 heteroatoms. The number of carbonyl (C=O) groups excluding carboxylic acids is 3. The van der Waals surface area contributed by atoms with Gasteiger partial charge in [0.2, 0.25) is 0 Å². The second-order valence-corrected chi connectivity index (χ2v) is 4.54. The lowest BCUT2D eigenvalue weighted by molar-refractivity contribution is -0.120. The number of hydrogen-bond donors (Lipinski definition) is 0. The van der Waals surface area contributed by atoms with E-state index in [4.69, 9.17) is 4.74 Å². The van der Waals surface area contributed by atoms with Crippen molar-refractivity contribution in [2.75, 3.05) is 0 Å². The van der Waals surface area contributed by atoms with E-state index in [-0.39, 0.29) is 11.6 Å². The second kappa shape index (κ2) is 5.17. The Labute approximate surface area is 120 Å². The Hall–Kier alpha value is -3.01. The Kier molecular flexibility index (Phi) is 3.20. The number of benzene rings is 2. The molecule has 1 aliphatic carbocycles. The zero-order chi connectivity index (χ0) is 14.8. The number of carbonyl (C=O) groups is 3. The van der Waals surface area contributed by atoms with E-state index in [9.17, 15) is 14.4 Å². The summed E-state index contributed by atoms with van der Waals surface area (Å²) in [5.74, 6) is -0.0992. The van der Waals surface area contributed by atoms with Gasteiger partial charge in [-0.05, 0) is 23.8 Å². The van der Waals surface area contributed by atoms with Crippen LogP contribution in [0.1, 0.15) is 26.3 Å². The van der Waals surface area contributed by atoms with Crippen LogP contribution in [-0.2, 0) is 4.79 Å². The molecule has 0 saturated heterocycles. The lowest BCUT2D eigenvalue weighted by atomic mass is 9.86. The van der Waals surface area contributed by atoms with Gasteiger partial charge < -0.3 is 4.74 Å². The molecule has 0 atom stereocenters. The summed E-state index contributed by atoms with van der Waals surface area (Å²) in [4.78, 5) is 35.0. The van der Waals surface area contributed by atoms with Crippen molar-refractivity contribution in [2.45, 2.75) is 0 Å². The molecule has 0 fully saturated rings. The van der Waals surface area contributed by atoms with Crippen LogP contribution in [0.25, 0.3) is 5.57 Å². The summed E-state index contributed by atoms with van der Waals surface area (Å²) in [6.45, 7) is 0.316. The van der Waals surface area contributed by atoms with Crippen molar-refractivity contribution in [3.05, 3.63) is 71.3 Å². The van der Waals surface area contributed by atoms with E-state index in [2.05, 4.69) is 0 Å². The Morgan fingerprint density at radius 2 is 1.67 bits per heavy atom. The Bertz CT molecular complexity index is 787. The normalized spacial score (nSPS) is 13.4. The molecule has 0 bridgehead atoms. The molecule has 2 aromatic carbocycles. The van der Waals surface area contributed by atoms with E-state index in [0.717, 1.165) is 0 Å². The summed E-state index contributed by atoms with van der Waals surface area (Å²) in [6.07, 6.45) is 1.32. The van der Waals surface area contributed by atoms with Gasteiger partial charge in [-0.1, -0.05) is 36.4 Å². The molecule has 0 heterocycles. The molecule has 0 spiro atoms. The van der Waals surface area contributed by atoms with Crippen LogP contribution in [0.15, 0.2) is 54.6 Å². The SMILES string of the molecule is O=COc1cccc(C2=CC(=O)c3ccccc3C2=O)c1. The van der Waals surface area contributed by atoms with Crippen LogP contribution in [0, 0.1) is 0 Å². The van der Waals surface area contributed by atoms with Gasteiger partial charge in [0.05, 0.1) is 0 Å². The number of ether oxygens (including phenoxy) is 1. The van der Waals surface area contributed by atoms with Gasteiger partial charge in [-0.2, -0.15) is 0 Å². The molecule has 0 aliphatic heterocycles. The number of hydrogen-bond acceptors (Lipinski definition) is 4. The van der Waals surface area contributed by atoms with Gasteiger partial charge in [0.25, 0.3) is 6.47 Å².